The summed E-state index contributed by atoms with van der Waals surface area (Å²) in [6.07, 6.45) is 4.91. The second kappa shape index (κ2) is 6.94. The lowest BCUT2D eigenvalue weighted by atomic mass is 10.1. The molecule has 0 amide bonds. The molecule has 0 aliphatic carbocycles. The quantitative estimate of drug-likeness (QED) is 0.676. The van der Waals surface area contributed by atoms with Crippen LogP contribution >= 0.6 is 0 Å². The molecule has 0 bridgehead atoms. The van der Waals surface area contributed by atoms with Gasteiger partial charge in [-0.25, -0.2) is 15.0 Å². The third kappa shape index (κ3) is 3.37. The van der Waals surface area contributed by atoms with Crippen LogP contribution < -0.4 is 10.6 Å². The van der Waals surface area contributed by atoms with Crippen molar-refractivity contribution in [3.8, 4) is 0 Å². The smallest absolute Gasteiger partial charge is 0.164 e. The summed E-state index contributed by atoms with van der Waals surface area (Å²) in [6, 6.07) is 8.36. The van der Waals surface area contributed by atoms with E-state index in [-0.39, 0.29) is 12.3 Å². The molecule has 0 saturated heterocycles. The number of aromatic nitrogens is 4. The van der Waals surface area contributed by atoms with Crippen molar-refractivity contribution in [2.24, 2.45) is 0 Å². The average Bonchev–Trinajstić information content (AvgIpc) is 3.00. The van der Waals surface area contributed by atoms with Crippen LogP contribution in [0.3, 0.4) is 0 Å². The number of aliphatic hydroxyl groups is 1. The van der Waals surface area contributed by atoms with Crippen molar-refractivity contribution in [1.29, 1.82) is 0 Å². The maximum atomic E-state index is 8.83. The molecule has 7 nitrogen and oxygen atoms in total. The highest BCUT2D eigenvalue weighted by Gasteiger charge is 2.21. The molecule has 0 radical (unpaired) electrons. The Labute approximate surface area is 140 Å². The Morgan fingerprint density at radius 2 is 2.12 bits per heavy atom. The van der Waals surface area contributed by atoms with Gasteiger partial charge in [-0.1, -0.05) is 18.2 Å². The summed E-state index contributed by atoms with van der Waals surface area (Å²) >= 11 is 0. The first-order valence-corrected chi connectivity index (χ1v) is 7.93. The molecule has 2 aromatic heterocycles. The topological polar surface area (TPSA) is 87.9 Å². The molecule has 7 heteroatoms. The normalized spacial score (nSPS) is 12.6. The van der Waals surface area contributed by atoms with E-state index in [9.17, 15) is 0 Å². The third-order valence-electron chi connectivity index (χ3n) is 3.97. The monoisotopic (exact) mass is 326 g/mol. The van der Waals surface area contributed by atoms with Gasteiger partial charge in [0.15, 0.2) is 5.65 Å². The van der Waals surface area contributed by atoms with Crippen LogP contribution in [0, 0.1) is 0 Å². The van der Waals surface area contributed by atoms with Crippen molar-refractivity contribution in [1.82, 2.24) is 24.8 Å². The molecule has 0 saturated carbocycles. The molecule has 0 fully saturated rings. The second-order valence-electron chi connectivity index (χ2n) is 6.07. The summed E-state index contributed by atoms with van der Waals surface area (Å²) < 4.78 is 1.93. The lowest BCUT2D eigenvalue weighted by molar-refractivity contribution is 0.227. The fourth-order valence-corrected chi connectivity index (χ4v) is 2.55. The third-order valence-corrected chi connectivity index (χ3v) is 3.97. The van der Waals surface area contributed by atoms with Crippen molar-refractivity contribution in [2.45, 2.75) is 26.1 Å². The highest BCUT2D eigenvalue weighted by molar-refractivity contribution is 5.69. The second-order valence-corrected chi connectivity index (χ2v) is 6.07. The zero-order valence-corrected chi connectivity index (χ0v) is 13.9. The van der Waals surface area contributed by atoms with Crippen LogP contribution in [0.2, 0.25) is 0 Å². The number of benzene rings is 1. The summed E-state index contributed by atoms with van der Waals surface area (Å²) in [5.41, 5.74) is 3.94. The minimum atomic E-state index is -0.341. The molecule has 1 aliphatic heterocycles. The number of para-hydroxylation sites is 1. The van der Waals surface area contributed by atoms with E-state index in [4.69, 9.17) is 5.11 Å². The van der Waals surface area contributed by atoms with Crippen LogP contribution in [0.25, 0.3) is 11.2 Å². The molecule has 3 heterocycles. The minimum absolute atomic E-state index is 0.102. The summed E-state index contributed by atoms with van der Waals surface area (Å²) in [4.78, 5) is 12.4. The zero-order valence-electron chi connectivity index (χ0n) is 13.9. The number of nitrogens with one attached hydrogen (secondary N) is 2. The van der Waals surface area contributed by atoms with Gasteiger partial charge in [-0.15, -0.1) is 0 Å². The van der Waals surface area contributed by atoms with E-state index < -0.39 is 0 Å². The van der Waals surface area contributed by atoms with Gasteiger partial charge < -0.3 is 10.4 Å². The molecule has 0 spiro atoms. The molecule has 3 N–H and O–H groups in total. The summed E-state index contributed by atoms with van der Waals surface area (Å²) in [7, 11) is 0. The Bertz CT molecular complexity index is 790. The van der Waals surface area contributed by atoms with Crippen molar-refractivity contribution < 1.29 is 5.11 Å². The Balaban J connectivity index is 0.000000175. The number of imidazole rings is 1. The Morgan fingerprint density at radius 3 is 2.75 bits per heavy atom. The van der Waals surface area contributed by atoms with E-state index in [1.807, 2.05) is 24.5 Å². The molecule has 3 aromatic rings. The Hall–Kier alpha value is -2.51. The van der Waals surface area contributed by atoms with Gasteiger partial charge in [-0.3, -0.25) is 9.88 Å². The van der Waals surface area contributed by atoms with Gasteiger partial charge in [0.25, 0.3) is 0 Å². The number of anilines is 1. The molecule has 126 valence electrons. The fourth-order valence-electron chi connectivity index (χ4n) is 2.55. The number of rotatable bonds is 4. The predicted molar refractivity (Wildman–Crippen MR) is 93.5 cm³/mol. The average molecular weight is 326 g/mol. The van der Waals surface area contributed by atoms with Crippen molar-refractivity contribution in [3.05, 3.63) is 48.7 Å². The van der Waals surface area contributed by atoms with E-state index >= 15 is 0 Å². The van der Waals surface area contributed by atoms with Crippen molar-refractivity contribution in [3.63, 3.8) is 0 Å². The molecular formula is C17H22N6O. The van der Waals surface area contributed by atoms with Crippen LogP contribution in [0.1, 0.15) is 19.4 Å². The van der Waals surface area contributed by atoms with Crippen LogP contribution in [-0.4, -0.2) is 37.8 Å². The molecule has 24 heavy (non-hydrogen) atoms. The highest BCUT2D eigenvalue weighted by atomic mass is 16.3. The minimum Gasteiger partial charge on any atom is -0.395 e. The number of hydrogen-bond acceptors (Lipinski definition) is 6. The SMILES string of the molecule is CC(C)(NCCO)n1cnc2cncnc21.c1ccc2c(c1)CN2. The standard InChI is InChI=1S/C10H15N5O.C7H7N/c1-10(2,14-3-4-16)15-7-13-8-5-11-6-12-9(8)15;1-2-4-7-6(3-1)5-8-7/h5-7,14,16H,3-4H2,1-2H3;1-4,8H,5H2. The summed E-state index contributed by atoms with van der Waals surface area (Å²) in [6.45, 7) is 5.69. The van der Waals surface area contributed by atoms with E-state index in [2.05, 4.69) is 43.8 Å². The van der Waals surface area contributed by atoms with Crippen molar-refractivity contribution >= 4 is 16.9 Å². The van der Waals surface area contributed by atoms with Crippen LogP contribution in [0.4, 0.5) is 5.69 Å². The van der Waals surface area contributed by atoms with Gasteiger partial charge in [0.2, 0.25) is 0 Å². The Morgan fingerprint density at radius 1 is 1.29 bits per heavy atom. The maximum absolute atomic E-state index is 8.83. The van der Waals surface area contributed by atoms with Gasteiger partial charge in [0, 0.05) is 18.8 Å². The van der Waals surface area contributed by atoms with E-state index in [1.165, 1.54) is 17.6 Å². The molecule has 1 aliphatic rings. The van der Waals surface area contributed by atoms with Crippen LogP contribution in [-0.2, 0) is 12.2 Å². The maximum Gasteiger partial charge on any atom is 0.164 e. The van der Waals surface area contributed by atoms with Gasteiger partial charge >= 0.3 is 0 Å². The number of aliphatic hydroxyl groups excluding tert-OH is 1. The first kappa shape index (κ1) is 16.4. The highest BCUT2D eigenvalue weighted by Crippen LogP contribution is 2.23. The van der Waals surface area contributed by atoms with Gasteiger partial charge in [0.1, 0.15) is 11.8 Å². The molecule has 4 rings (SSSR count). The lowest BCUT2D eigenvalue weighted by Crippen LogP contribution is -2.43. The summed E-state index contributed by atoms with van der Waals surface area (Å²) in [5.74, 6) is 0. The van der Waals surface area contributed by atoms with E-state index in [0.717, 1.165) is 17.7 Å². The first-order valence-electron chi connectivity index (χ1n) is 7.93. The predicted octanol–water partition coefficient (Wildman–Crippen LogP) is 1.71. The Kier molecular flexibility index (Phi) is 4.73. The van der Waals surface area contributed by atoms with Gasteiger partial charge in [-0.05, 0) is 25.5 Å². The van der Waals surface area contributed by atoms with Crippen molar-refractivity contribution in [2.75, 3.05) is 18.5 Å². The molecule has 1 aromatic carbocycles. The van der Waals surface area contributed by atoms with E-state index in [1.54, 1.807) is 12.5 Å². The lowest BCUT2D eigenvalue weighted by Gasteiger charge is -2.27. The molecular weight excluding hydrogens is 304 g/mol. The first-order chi connectivity index (χ1) is 11.6. The number of fused-ring (bicyclic) bond motifs is 2. The van der Waals surface area contributed by atoms with Gasteiger partial charge in [-0.2, -0.15) is 0 Å². The van der Waals surface area contributed by atoms with E-state index in [0.29, 0.717) is 6.54 Å². The summed E-state index contributed by atoms with van der Waals surface area (Å²) in [5, 5.41) is 15.2. The molecule has 0 atom stereocenters. The largest absolute Gasteiger partial charge is 0.395 e. The molecule has 0 unspecified atom stereocenters. The zero-order chi connectivity index (χ0) is 17.0. The number of nitrogens with zero attached hydrogens (tertiary/aromatic N) is 4. The number of hydrogen-bond donors (Lipinski definition) is 3. The fraction of sp³-hybridized carbons (Fsp3) is 0.353. The van der Waals surface area contributed by atoms with Crippen LogP contribution in [0.5, 0.6) is 0 Å². The van der Waals surface area contributed by atoms with Crippen LogP contribution in [0.15, 0.2) is 43.1 Å². The van der Waals surface area contributed by atoms with Gasteiger partial charge in [0.05, 0.1) is 24.8 Å².